The normalized spacial score (nSPS) is 10.9. The first-order valence-corrected chi connectivity index (χ1v) is 4.39. The molecule has 0 saturated heterocycles. The van der Waals surface area contributed by atoms with E-state index in [0.717, 1.165) is 12.2 Å². The molecule has 0 saturated carbocycles. The smallest absolute Gasteiger partial charge is 0.185 e. The van der Waals surface area contributed by atoms with Crippen LogP contribution in [0.15, 0.2) is 12.3 Å². The number of aryl methyl sites for hydroxylation is 1. The van der Waals surface area contributed by atoms with Gasteiger partial charge in [-0.25, -0.2) is 0 Å². The Morgan fingerprint density at radius 2 is 2.31 bits per heavy atom. The van der Waals surface area contributed by atoms with Gasteiger partial charge in [0, 0.05) is 12.6 Å². The molecule has 2 rings (SSSR count). The van der Waals surface area contributed by atoms with Crippen molar-refractivity contribution < 1.29 is 0 Å². The first kappa shape index (κ1) is 8.31. The fourth-order valence-electron chi connectivity index (χ4n) is 1.24. The van der Waals surface area contributed by atoms with E-state index in [1.165, 1.54) is 0 Å². The molecular weight excluding hydrogens is 188 g/mol. The number of nitrogens with zero attached hydrogens (tertiary/aromatic N) is 3. The van der Waals surface area contributed by atoms with Crippen molar-refractivity contribution >= 4 is 22.9 Å². The van der Waals surface area contributed by atoms with Crippen molar-refractivity contribution in [3.63, 3.8) is 0 Å². The largest absolute Gasteiger partial charge is 0.394 e. The molecule has 0 fully saturated rings. The van der Waals surface area contributed by atoms with Crippen LogP contribution >= 0.6 is 11.6 Å². The van der Waals surface area contributed by atoms with Crippen molar-refractivity contribution in [1.82, 2.24) is 14.6 Å². The minimum atomic E-state index is 0.483. The molecule has 2 aromatic heterocycles. The lowest BCUT2D eigenvalue weighted by Crippen LogP contribution is -1.96. The van der Waals surface area contributed by atoms with Crippen LogP contribution in [-0.2, 0) is 6.42 Å². The molecule has 2 aromatic rings. The number of nitrogen functional groups attached to an aromatic ring is 1. The van der Waals surface area contributed by atoms with E-state index in [1.807, 2.05) is 17.5 Å². The van der Waals surface area contributed by atoms with Crippen LogP contribution in [0.1, 0.15) is 12.7 Å². The fourth-order valence-corrected chi connectivity index (χ4v) is 1.38. The summed E-state index contributed by atoms with van der Waals surface area (Å²) in [6, 6.07) is 1.74. The van der Waals surface area contributed by atoms with Gasteiger partial charge in [-0.1, -0.05) is 18.5 Å². The Labute approximate surface area is 80.3 Å². The Balaban J connectivity index is 2.81. The van der Waals surface area contributed by atoms with E-state index in [2.05, 4.69) is 10.2 Å². The molecule has 2 N–H and O–H groups in total. The molecule has 0 radical (unpaired) electrons. The Kier molecular flexibility index (Phi) is 1.84. The monoisotopic (exact) mass is 196 g/mol. The lowest BCUT2D eigenvalue weighted by atomic mass is 10.4. The average molecular weight is 197 g/mol. The molecule has 0 aliphatic rings. The van der Waals surface area contributed by atoms with Gasteiger partial charge in [-0.2, -0.15) is 0 Å². The van der Waals surface area contributed by atoms with Crippen LogP contribution in [0.3, 0.4) is 0 Å². The van der Waals surface area contributed by atoms with Gasteiger partial charge in [-0.3, -0.25) is 4.40 Å². The van der Waals surface area contributed by atoms with Crippen molar-refractivity contribution in [3.8, 4) is 0 Å². The molecule has 0 spiro atoms. The second-order valence-corrected chi connectivity index (χ2v) is 3.15. The van der Waals surface area contributed by atoms with Crippen molar-refractivity contribution in [2.75, 3.05) is 5.73 Å². The van der Waals surface area contributed by atoms with Gasteiger partial charge in [-0.05, 0) is 6.07 Å². The highest BCUT2D eigenvalue weighted by molar-refractivity contribution is 6.33. The number of hydrogen-bond acceptors (Lipinski definition) is 3. The molecule has 0 aliphatic carbocycles. The van der Waals surface area contributed by atoms with Gasteiger partial charge in [0.25, 0.3) is 0 Å². The van der Waals surface area contributed by atoms with Crippen molar-refractivity contribution in [2.24, 2.45) is 0 Å². The summed E-state index contributed by atoms with van der Waals surface area (Å²) in [5.74, 6) is 0.887. The van der Waals surface area contributed by atoms with Crippen LogP contribution in [0.25, 0.3) is 5.65 Å². The highest BCUT2D eigenvalue weighted by Crippen LogP contribution is 2.22. The number of anilines is 1. The first-order valence-electron chi connectivity index (χ1n) is 4.01. The van der Waals surface area contributed by atoms with Crippen LogP contribution in [0, 0.1) is 0 Å². The minimum absolute atomic E-state index is 0.483. The average Bonchev–Trinajstić information content (AvgIpc) is 2.55. The molecule has 13 heavy (non-hydrogen) atoms. The lowest BCUT2D eigenvalue weighted by molar-refractivity contribution is 0.909. The Hall–Kier alpha value is -1.29. The second-order valence-electron chi connectivity index (χ2n) is 2.74. The summed E-state index contributed by atoms with van der Waals surface area (Å²) in [5.41, 5.74) is 6.84. The molecule has 0 unspecified atom stereocenters. The van der Waals surface area contributed by atoms with E-state index in [4.69, 9.17) is 17.3 Å². The van der Waals surface area contributed by atoms with Gasteiger partial charge in [-0.15, -0.1) is 10.2 Å². The van der Waals surface area contributed by atoms with Crippen LogP contribution < -0.4 is 5.73 Å². The predicted molar refractivity (Wildman–Crippen MR) is 51.8 cm³/mol. The number of aromatic nitrogens is 3. The zero-order chi connectivity index (χ0) is 9.42. The van der Waals surface area contributed by atoms with E-state index >= 15 is 0 Å². The van der Waals surface area contributed by atoms with E-state index in [-0.39, 0.29) is 0 Å². The predicted octanol–water partition coefficient (Wildman–Crippen LogP) is 1.53. The Morgan fingerprint density at radius 1 is 1.54 bits per heavy atom. The second kappa shape index (κ2) is 2.88. The van der Waals surface area contributed by atoms with Gasteiger partial charge >= 0.3 is 0 Å². The Morgan fingerprint density at radius 3 is 3.00 bits per heavy atom. The maximum Gasteiger partial charge on any atom is 0.185 e. The van der Waals surface area contributed by atoms with E-state index < -0.39 is 0 Å². The topological polar surface area (TPSA) is 56.2 Å². The SMILES string of the molecule is CCc1nnc2c(N)c(Cl)ccn12. The summed E-state index contributed by atoms with van der Waals surface area (Å²) in [7, 11) is 0. The molecule has 0 aromatic carbocycles. The van der Waals surface area contributed by atoms with Gasteiger partial charge < -0.3 is 5.73 Å². The number of pyridine rings is 1. The summed E-state index contributed by atoms with van der Waals surface area (Å²) in [6.07, 6.45) is 2.65. The zero-order valence-electron chi connectivity index (χ0n) is 7.16. The van der Waals surface area contributed by atoms with Crippen LogP contribution in [0.2, 0.25) is 5.02 Å². The summed E-state index contributed by atoms with van der Waals surface area (Å²) >= 11 is 5.83. The van der Waals surface area contributed by atoms with Gasteiger partial charge in [0.15, 0.2) is 5.65 Å². The van der Waals surface area contributed by atoms with Crippen LogP contribution in [-0.4, -0.2) is 14.6 Å². The maximum atomic E-state index is 5.83. The van der Waals surface area contributed by atoms with Crippen molar-refractivity contribution in [1.29, 1.82) is 0 Å². The zero-order valence-corrected chi connectivity index (χ0v) is 7.91. The van der Waals surface area contributed by atoms with Gasteiger partial charge in [0.05, 0.1) is 10.7 Å². The summed E-state index contributed by atoms with van der Waals surface area (Å²) in [4.78, 5) is 0. The number of hydrogen-bond donors (Lipinski definition) is 1. The molecular formula is C8H9ClN4. The lowest BCUT2D eigenvalue weighted by Gasteiger charge is -2.00. The van der Waals surface area contributed by atoms with E-state index in [0.29, 0.717) is 16.4 Å². The molecule has 0 bridgehead atoms. The van der Waals surface area contributed by atoms with E-state index in [1.54, 1.807) is 6.07 Å². The summed E-state index contributed by atoms with van der Waals surface area (Å²) in [5, 5.41) is 8.46. The third-order valence-electron chi connectivity index (χ3n) is 1.95. The van der Waals surface area contributed by atoms with Crippen LogP contribution in [0.5, 0.6) is 0 Å². The molecule has 2 heterocycles. The summed E-state index contributed by atoms with van der Waals surface area (Å²) in [6.45, 7) is 2.02. The molecule has 0 amide bonds. The third-order valence-corrected chi connectivity index (χ3v) is 2.28. The molecule has 5 heteroatoms. The number of fused-ring (bicyclic) bond motifs is 1. The standard InChI is InChI=1S/C8H9ClN4/c1-2-6-11-12-8-7(10)5(9)3-4-13(6)8/h3-4H,2,10H2,1H3. The van der Waals surface area contributed by atoms with Crippen molar-refractivity contribution in [3.05, 3.63) is 23.1 Å². The summed E-state index contributed by atoms with van der Waals surface area (Å²) < 4.78 is 1.85. The number of rotatable bonds is 1. The first-order chi connectivity index (χ1) is 6.24. The fraction of sp³-hybridized carbons (Fsp3) is 0.250. The van der Waals surface area contributed by atoms with Crippen LogP contribution in [0.4, 0.5) is 5.69 Å². The highest BCUT2D eigenvalue weighted by atomic mass is 35.5. The molecule has 4 nitrogen and oxygen atoms in total. The molecule has 0 aliphatic heterocycles. The van der Waals surface area contributed by atoms with Gasteiger partial charge in [0.1, 0.15) is 5.82 Å². The maximum absolute atomic E-state index is 5.83. The quantitative estimate of drug-likeness (QED) is 0.753. The minimum Gasteiger partial charge on any atom is -0.394 e. The van der Waals surface area contributed by atoms with E-state index in [9.17, 15) is 0 Å². The number of nitrogens with two attached hydrogens (primary N) is 1. The highest BCUT2D eigenvalue weighted by Gasteiger charge is 2.08. The van der Waals surface area contributed by atoms with Gasteiger partial charge in [0.2, 0.25) is 0 Å². The molecule has 0 atom stereocenters. The third kappa shape index (κ3) is 1.14. The Bertz CT molecular complexity index is 449. The number of halogens is 1. The molecule has 68 valence electrons. The van der Waals surface area contributed by atoms with Crippen molar-refractivity contribution in [2.45, 2.75) is 13.3 Å².